The predicted molar refractivity (Wildman–Crippen MR) is 74.5 cm³/mol. The Labute approximate surface area is 123 Å². The number of ether oxygens (including phenoxy) is 1. The number of anilines is 1. The summed E-state index contributed by atoms with van der Waals surface area (Å²) < 4.78 is 5.37. The number of aryl methyl sites for hydroxylation is 1. The summed E-state index contributed by atoms with van der Waals surface area (Å²) in [4.78, 5) is 32.9. The maximum atomic E-state index is 11.5. The number of rotatable bonds is 5. The van der Waals surface area contributed by atoms with Crippen LogP contribution in [0.15, 0.2) is 22.7 Å². The molecule has 7 nitrogen and oxygen atoms in total. The lowest BCUT2D eigenvalue weighted by Gasteiger charge is -2.08. The summed E-state index contributed by atoms with van der Waals surface area (Å²) >= 11 is 3.32. The van der Waals surface area contributed by atoms with Gasteiger partial charge in [-0.1, -0.05) is 22.0 Å². The molecule has 0 fully saturated rings. The first-order valence-electron chi connectivity index (χ1n) is 5.55. The molecule has 0 aromatic heterocycles. The summed E-state index contributed by atoms with van der Waals surface area (Å²) in [5.41, 5.74) is 1.52. The first-order valence-corrected chi connectivity index (χ1v) is 6.34. The average Bonchev–Trinajstić information content (AvgIpc) is 2.33. The van der Waals surface area contributed by atoms with Crippen molar-refractivity contribution in [2.24, 2.45) is 0 Å². The van der Waals surface area contributed by atoms with E-state index in [1.165, 1.54) is 0 Å². The number of nitrogens with one attached hydrogen (secondary N) is 2. The van der Waals surface area contributed by atoms with Crippen LogP contribution in [0, 0.1) is 6.92 Å². The molecule has 1 rings (SSSR count). The van der Waals surface area contributed by atoms with Crippen molar-refractivity contribution < 1.29 is 24.2 Å². The van der Waals surface area contributed by atoms with Crippen molar-refractivity contribution in [2.45, 2.75) is 6.92 Å². The lowest BCUT2D eigenvalue weighted by Crippen LogP contribution is -2.37. The van der Waals surface area contributed by atoms with Gasteiger partial charge < -0.3 is 15.2 Å². The monoisotopic (exact) mass is 344 g/mol. The Balaban J connectivity index is 2.41. The standard InChI is InChI=1S/C12H13BrN2O5/c1-7-2-3-8(4-9(7)13)14-12(19)15-10(16)5-20-6-11(17)18/h2-4H,5-6H2,1H3,(H,17,18)(H2,14,15,16,19). The van der Waals surface area contributed by atoms with Crippen LogP contribution in [0.25, 0.3) is 0 Å². The number of carbonyl (C=O) groups excluding carboxylic acids is 2. The molecule has 1 aromatic carbocycles. The molecule has 0 aliphatic rings. The van der Waals surface area contributed by atoms with Gasteiger partial charge in [0.1, 0.15) is 13.2 Å². The Hall–Kier alpha value is -1.93. The van der Waals surface area contributed by atoms with E-state index in [2.05, 4.69) is 26.0 Å². The van der Waals surface area contributed by atoms with Crippen molar-refractivity contribution in [3.05, 3.63) is 28.2 Å². The van der Waals surface area contributed by atoms with Crippen LogP contribution >= 0.6 is 15.9 Å². The number of imide groups is 1. The third kappa shape index (κ3) is 5.81. The Morgan fingerprint density at radius 1 is 1.30 bits per heavy atom. The molecule has 0 atom stereocenters. The number of amides is 3. The van der Waals surface area contributed by atoms with E-state index in [0.717, 1.165) is 10.0 Å². The summed E-state index contributed by atoms with van der Waals surface area (Å²) in [6.45, 7) is 0.800. The van der Waals surface area contributed by atoms with Crippen molar-refractivity contribution in [2.75, 3.05) is 18.5 Å². The van der Waals surface area contributed by atoms with E-state index in [0.29, 0.717) is 5.69 Å². The van der Waals surface area contributed by atoms with Gasteiger partial charge in [-0.25, -0.2) is 9.59 Å². The average molecular weight is 345 g/mol. The first-order chi connectivity index (χ1) is 9.38. The molecule has 3 N–H and O–H groups in total. The summed E-state index contributed by atoms with van der Waals surface area (Å²) in [7, 11) is 0. The zero-order chi connectivity index (χ0) is 15.1. The minimum Gasteiger partial charge on any atom is -0.480 e. The van der Waals surface area contributed by atoms with Crippen LogP contribution in [0.3, 0.4) is 0 Å². The van der Waals surface area contributed by atoms with Crippen LogP contribution in [-0.4, -0.2) is 36.2 Å². The zero-order valence-corrected chi connectivity index (χ0v) is 12.2. The van der Waals surface area contributed by atoms with Gasteiger partial charge in [-0.05, 0) is 24.6 Å². The number of aliphatic carboxylic acids is 1. The summed E-state index contributed by atoms with van der Waals surface area (Å²) in [5, 5.41) is 12.8. The maximum absolute atomic E-state index is 11.5. The van der Waals surface area contributed by atoms with Crippen LogP contribution in [0.5, 0.6) is 0 Å². The minimum atomic E-state index is -1.19. The predicted octanol–water partition coefficient (Wildman–Crippen LogP) is 1.51. The van der Waals surface area contributed by atoms with E-state index in [-0.39, 0.29) is 0 Å². The highest BCUT2D eigenvalue weighted by Crippen LogP contribution is 2.20. The molecular formula is C12H13BrN2O5. The van der Waals surface area contributed by atoms with Crippen molar-refractivity contribution in [3.8, 4) is 0 Å². The lowest BCUT2D eigenvalue weighted by molar-refractivity contribution is -0.143. The van der Waals surface area contributed by atoms with Gasteiger partial charge in [-0.3, -0.25) is 10.1 Å². The highest BCUT2D eigenvalue weighted by molar-refractivity contribution is 9.10. The molecule has 1 aromatic rings. The molecule has 108 valence electrons. The number of carboxylic acid groups (broad SMARTS) is 1. The van der Waals surface area contributed by atoms with Crippen molar-refractivity contribution in [1.29, 1.82) is 0 Å². The number of benzene rings is 1. The van der Waals surface area contributed by atoms with E-state index in [1.807, 2.05) is 12.2 Å². The second-order valence-corrected chi connectivity index (χ2v) is 4.71. The highest BCUT2D eigenvalue weighted by Gasteiger charge is 2.09. The van der Waals surface area contributed by atoms with Gasteiger partial charge in [0.15, 0.2) is 0 Å². The largest absolute Gasteiger partial charge is 0.480 e. The van der Waals surface area contributed by atoms with E-state index >= 15 is 0 Å². The van der Waals surface area contributed by atoms with Crippen molar-refractivity contribution >= 4 is 39.5 Å². The van der Waals surface area contributed by atoms with Gasteiger partial charge in [-0.15, -0.1) is 0 Å². The number of urea groups is 1. The first kappa shape index (κ1) is 16.1. The normalized spacial score (nSPS) is 9.90. The van der Waals surface area contributed by atoms with Gasteiger partial charge >= 0.3 is 12.0 Å². The van der Waals surface area contributed by atoms with Crippen LogP contribution in [0.1, 0.15) is 5.56 Å². The second-order valence-electron chi connectivity index (χ2n) is 3.85. The fourth-order valence-corrected chi connectivity index (χ4v) is 1.61. The molecule has 0 heterocycles. The van der Waals surface area contributed by atoms with Gasteiger partial charge in [0.25, 0.3) is 5.91 Å². The molecule has 8 heteroatoms. The number of carboxylic acids is 1. The topological polar surface area (TPSA) is 105 Å². The minimum absolute atomic E-state index is 0.503. The molecule has 0 bridgehead atoms. The Morgan fingerprint density at radius 3 is 2.60 bits per heavy atom. The van der Waals surface area contributed by atoms with Crippen molar-refractivity contribution in [3.63, 3.8) is 0 Å². The SMILES string of the molecule is Cc1ccc(NC(=O)NC(=O)COCC(=O)O)cc1Br. The van der Waals surface area contributed by atoms with Crippen LogP contribution in [0.4, 0.5) is 10.5 Å². The lowest BCUT2D eigenvalue weighted by atomic mass is 10.2. The van der Waals surface area contributed by atoms with E-state index in [4.69, 9.17) is 5.11 Å². The van der Waals surface area contributed by atoms with Gasteiger partial charge in [0.05, 0.1) is 0 Å². The third-order valence-electron chi connectivity index (χ3n) is 2.14. The highest BCUT2D eigenvalue weighted by atomic mass is 79.9. The van der Waals surface area contributed by atoms with Gasteiger partial charge in [-0.2, -0.15) is 0 Å². The second kappa shape index (κ2) is 7.61. The molecule has 20 heavy (non-hydrogen) atoms. The van der Waals surface area contributed by atoms with Crippen molar-refractivity contribution in [1.82, 2.24) is 5.32 Å². The van der Waals surface area contributed by atoms with Crippen LogP contribution < -0.4 is 10.6 Å². The molecule has 0 spiro atoms. The molecular weight excluding hydrogens is 332 g/mol. The van der Waals surface area contributed by atoms with Crippen LogP contribution in [-0.2, 0) is 14.3 Å². The van der Waals surface area contributed by atoms with E-state index in [9.17, 15) is 14.4 Å². The molecule has 3 amide bonds. The number of hydrogen-bond donors (Lipinski definition) is 3. The fraction of sp³-hybridized carbons (Fsp3) is 0.250. The zero-order valence-electron chi connectivity index (χ0n) is 10.6. The maximum Gasteiger partial charge on any atom is 0.329 e. The van der Waals surface area contributed by atoms with Crippen LogP contribution in [0.2, 0.25) is 0 Å². The summed E-state index contributed by atoms with van der Waals surface area (Å²) in [6.07, 6.45) is 0. The summed E-state index contributed by atoms with van der Waals surface area (Å²) in [5.74, 6) is -1.92. The molecule has 0 aliphatic carbocycles. The molecule has 0 radical (unpaired) electrons. The summed E-state index contributed by atoms with van der Waals surface area (Å²) in [6, 6.07) is 4.47. The number of halogens is 1. The fourth-order valence-electron chi connectivity index (χ4n) is 1.23. The smallest absolute Gasteiger partial charge is 0.329 e. The molecule has 0 unspecified atom stereocenters. The van der Waals surface area contributed by atoms with Gasteiger partial charge in [0, 0.05) is 10.2 Å². The molecule has 0 saturated heterocycles. The third-order valence-corrected chi connectivity index (χ3v) is 3.00. The van der Waals surface area contributed by atoms with Gasteiger partial charge in [0.2, 0.25) is 0 Å². The molecule has 0 aliphatic heterocycles. The Morgan fingerprint density at radius 2 is 2.00 bits per heavy atom. The quantitative estimate of drug-likeness (QED) is 0.750. The number of carbonyl (C=O) groups is 3. The van der Waals surface area contributed by atoms with E-state index < -0.39 is 31.1 Å². The Kier molecular flexibility index (Phi) is 6.13. The Bertz CT molecular complexity index is 533. The number of hydrogen-bond acceptors (Lipinski definition) is 4. The van der Waals surface area contributed by atoms with E-state index in [1.54, 1.807) is 18.2 Å². The molecule has 0 saturated carbocycles.